The van der Waals surface area contributed by atoms with Crippen molar-refractivity contribution in [2.24, 2.45) is 4.99 Å². The molecule has 0 atom stereocenters. The van der Waals surface area contributed by atoms with Gasteiger partial charge in [-0.15, -0.1) is 0 Å². The number of aliphatic imine (C=N–C) groups is 1. The van der Waals surface area contributed by atoms with Crippen LogP contribution in [0.3, 0.4) is 0 Å². The molecule has 0 aliphatic carbocycles. The number of hydrogen-bond donors (Lipinski definition) is 0. The maximum atomic E-state index is 11.8. The van der Waals surface area contributed by atoms with Crippen LogP contribution in [-0.4, -0.2) is 35.1 Å². The van der Waals surface area contributed by atoms with E-state index in [1.165, 1.54) is 6.26 Å². The summed E-state index contributed by atoms with van der Waals surface area (Å²) in [5.74, 6) is 0.574. The van der Waals surface area contributed by atoms with Gasteiger partial charge < -0.3 is 0 Å². The summed E-state index contributed by atoms with van der Waals surface area (Å²) in [5, 5.41) is 4.45. The van der Waals surface area contributed by atoms with Gasteiger partial charge in [-0.3, -0.25) is 0 Å². The molecule has 35 heavy (non-hydrogen) atoms. The third-order valence-corrected chi connectivity index (χ3v) is 6.64. The minimum Gasteiger partial charge on any atom is -0.237 e. The maximum absolute atomic E-state index is 11.8. The Morgan fingerprint density at radius 3 is 2.00 bits per heavy atom. The Morgan fingerprint density at radius 1 is 0.771 bits per heavy atom. The molecule has 0 bridgehead atoms. The largest absolute Gasteiger partial charge is 0.237 e. The Balaban J connectivity index is 1.55. The van der Waals surface area contributed by atoms with Crippen molar-refractivity contribution in [1.82, 2.24) is 14.8 Å². The molecule has 0 amide bonds. The smallest absolute Gasteiger partial charge is 0.175 e. The van der Waals surface area contributed by atoms with E-state index in [1.807, 2.05) is 78.9 Å². The lowest BCUT2D eigenvalue weighted by atomic mass is 10.0. The Morgan fingerprint density at radius 2 is 1.40 bits per heavy atom. The molecule has 0 spiro atoms. The van der Waals surface area contributed by atoms with Gasteiger partial charge in [-0.05, 0) is 42.5 Å². The van der Waals surface area contributed by atoms with E-state index in [0.29, 0.717) is 5.82 Å². The summed E-state index contributed by atoms with van der Waals surface area (Å²) < 4.78 is 25.4. The molecule has 0 aliphatic rings. The Hall–Kier alpha value is -4.36. The normalized spacial score (nSPS) is 11.2. The molecule has 7 heteroatoms. The first-order valence-electron chi connectivity index (χ1n) is 11.0. The molecule has 0 N–H and O–H groups in total. The molecule has 0 radical (unpaired) electrons. The lowest BCUT2D eigenvalue weighted by Crippen LogP contribution is -2.03. The van der Waals surface area contributed by atoms with E-state index >= 15 is 0 Å². The summed E-state index contributed by atoms with van der Waals surface area (Å²) in [6, 6.07) is 32.5. The highest BCUT2D eigenvalue weighted by atomic mass is 32.2. The van der Waals surface area contributed by atoms with Crippen LogP contribution in [0.5, 0.6) is 0 Å². The summed E-state index contributed by atoms with van der Waals surface area (Å²) in [7, 11) is -3.27. The van der Waals surface area contributed by atoms with E-state index in [4.69, 9.17) is 4.99 Å². The second kappa shape index (κ2) is 9.48. The predicted molar refractivity (Wildman–Crippen MR) is 138 cm³/mol. The second-order valence-electron chi connectivity index (χ2n) is 7.99. The molecule has 0 aliphatic heterocycles. The molecule has 5 aromatic rings. The highest BCUT2D eigenvalue weighted by Gasteiger charge is 2.12. The fourth-order valence-corrected chi connectivity index (χ4v) is 4.43. The number of benzene rings is 3. The van der Waals surface area contributed by atoms with Gasteiger partial charge in [0.25, 0.3) is 0 Å². The van der Waals surface area contributed by atoms with Crippen molar-refractivity contribution in [3.05, 3.63) is 127 Å². The number of sulfone groups is 1. The zero-order chi connectivity index (χ0) is 24.3. The number of hydrogen-bond acceptors (Lipinski definition) is 5. The van der Waals surface area contributed by atoms with Crippen LogP contribution in [0.2, 0.25) is 0 Å². The highest BCUT2D eigenvalue weighted by molar-refractivity contribution is 7.90. The molecular weight excluding hydrogens is 456 g/mol. The van der Waals surface area contributed by atoms with Crippen molar-refractivity contribution in [3.8, 4) is 16.9 Å². The van der Waals surface area contributed by atoms with Crippen LogP contribution < -0.4 is 0 Å². The van der Waals surface area contributed by atoms with E-state index in [0.717, 1.165) is 33.8 Å². The average Bonchev–Trinajstić information content (AvgIpc) is 3.38. The first-order valence-corrected chi connectivity index (χ1v) is 12.9. The van der Waals surface area contributed by atoms with E-state index in [-0.39, 0.29) is 4.90 Å². The third kappa shape index (κ3) is 4.95. The molecule has 0 saturated heterocycles. The number of aromatic nitrogens is 3. The van der Waals surface area contributed by atoms with Crippen molar-refractivity contribution in [2.45, 2.75) is 4.90 Å². The van der Waals surface area contributed by atoms with Crippen molar-refractivity contribution < 1.29 is 8.42 Å². The molecule has 0 unspecified atom stereocenters. The van der Waals surface area contributed by atoms with E-state index in [9.17, 15) is 8.42 Å². The fraction of sp³-hybridized carbons (Fsp3) is 0.0357. The van der Waals surface area contributed by atoms with Crippen LogP contribution >= 0.6 is 0 Å². The molecule has 0 fully saturated rings. The van der Waals surface area contributed by atoms with Gasteiger partial charge in [0.15, 0.2) is 15.7 Å². The van der Waals surface area contributed by atoms with Gasteiger partial charge in [0, 0.05) is 29.1 Å². The highest BCUT2D eigenvalue weighted by Crippen LogP contribution is 2.26. The summed E-state index contributed by atoms with van der Waals surface area (Å²) in [6.45, 7) is 0. The van der Waals surface area contributed by atoms with Gasteiger partial charge in [0.1, 0.15) is 0 Å². The molecule has 2 heterocycles. The summed E-state index contributed by atoms with van der Waals surface area (Å²) in [6.07, 6.45) is 4.63. The quantitative estimate of drug-likeness (QED) is 0.302. The lowest BCUT2D eigenvalue weighted by Gasteiger charge is -2.10. The minimum atomic E-state index is -3.27. The van der Waals surface area contributed by atoms with Crippen LogP contribution in [0.15, 0.2) is 125 Å². The summed E-state index contributed by atoms with van der Waals surface area (Å²) >= 11 is 0. The number of rotatable bonds is 6. The Bertz CT molecular complexity index is 1550. The van der Waals surface area contributed by atoms with E-state index in [1.54, 1.807) is 41.3 Å². The van der Waals surface area contributed by atoms with Crippen molar-refractivity contribution in [3.63, 3.8) is 0 Å². The lowest BCUT2D eigenvalue weighted by molar-refractivity contribution is 0.602. The number of pyridine rings is 1. The van der Waals surface area contributed by atoms with Gasteiger partial charge in [-0.2, -0.15) is 5.10 Å². The van der Waals surface area contributed by atoms with Crippen molar-refractivity contribution >= 4 is 21.4 Å². The molecule has 3 aromatic carbocycles. The summed E-state index contributed by atoms with van der Waals surface area (Å²) in [5.41, 5.74) is 5.33. The zero-order valence-corrected chi connectivity index (χ0v) is 19.8. The van der Waals surface area contributed by atoms with Gasteiger partial charge in [-0.25, -0.2) is 23.1 Å². The van der Waals surface area contributed by atoms with Crippen LogP contribution in [0, 0.1) is 0 Å². The Kier molecular flexibility index (Phi) is 6.08. The fourth-order valence-electron chi connectivity index (χ4n) is 3.80. The first kappa shape index (κ1) is 22.4. The molecular formula is C28H22N4O2S. The monoisotopic (exact) mass is 478 g/mol. The van der Waals surface area contributed by atoms with Crippen LogP contribution in [-0.2, 0) is 9.84 Å². The molecule has 172 valence electrons. The topological polar surface area (TPSA) is 77.2 Å². The molecule has 6 nitrogen and oxygen atoms in total. The van der Waals surface area contributed by atoms with Crippen LogP contribution in [0.25, 0.3) is 16.9 Å². The second-order valence-corrected chi connectivity index (χ2v) is 10.0. The third-order valence-electron chi connectivity index (χ3n) is 5.51. The predicted octanol–water partition coefficient (Wildman–Crippen LogP) is 5.51. The molecule has 0 saturated carbocycles. The van der Waals surface area contributed by atoms with Crippen LogP contribution in [0.4, 0.5) is 5.82 Å². The van der Waals surface area contributed by atoms with E-state index < -0.39 is 9.84 Å². The first-order chi connectivity index (χ1) is 17.0. The summed E-state index contributed by atoms with van der Waals surface area (Å²) in [4.78, 5) is 9.69. The standard InChI is InChI=1S/C28H22N4O2S/c1-35(33,34)25-14-12-24(13-15-25)32-26(17-19-30-32)23-16-18-29-27(20-23)31-28(21-8-4-2-5-9-21)22-10-6-3-7-11-22/h2-20H,1H3. The van der Waals surface area contributed by atoms with E-state index in [2.05, 4.69) is 10.1 Å². The van der Waals surface area contributed by atoms with Gasteiger partial charge in [0.2, 0.25) is 0 Å². The van der Waals surface area contributed by atoms with Gasteiger partial charge >= 0.3 is 0 Å². The zero-order valence-electron chi connectivity index (χ0n) is 19.0. The minimum absolute atomic E-state index is 0.268. The van der Waals surface area contributed by atoms with Crippen LogP contribution in [0.1, 0.15) is 11.1 Å². The Labute approximate surface area is 204 Å². The average molecular weight is 479 g/mol. The SMILES string of the molecule is CS(=O)(=O)c1ccc(-n2nccc2-c2ccnc(N=C(c3ccccc3)c3ccccc3)c2)cc1. The number of nitrogens with zero attached hydrogens (tertiary/aromatic N) is 4. The van der Waals surface area contributed by atoms with Gasteiger partial charge in [-0.1, -0.05) is 60.7 Å². The van der Waals surface area contributed by atoms with Crippen molar-refractivity contribution in [2.75, 3.05) is 6.26 Å². The van der Waals surface area contributed by atoms with Gasteiger partial charge in [0.05, 0.1) is 28.2 Å². The maximum Gasteiger partial charge on any atom is 0.175 e. The molecule has 2 aromatic heterocycles. The molecule has 5 rings (SSSR count). The van der Waals surface area contributed by atoms with Crippen molar-refractivity contribution in [1.29, 1.82) is 0 Å².